The number of nitrogens with zero attached hydrogens (tertiary/aromatic N) is 2. The molecule has 1 aromatic rings. The highest BCUT2D eigenvalue weighted by molar-refractivity contribution is 7.99. The Balaban J connectivity index is 1.82. The number of carbonyl (C=O) groups is 1. The maximum absolute atomic E-state index is 14.4. The summed E-state index contributed by atoms with van der Waals surface area (Å²) < 4.78 is 37.9. The van der Waals surface area contributed by atoms with Gasteiger partial charge in [-0.15, -0.1) is 11.8 Å². The van der Waals surface area contributed by atoms with Crippen LogP contribution in [-0.4, -0.2) is 160 Å². The molecular weight excluding hydrogens is 809 g/mol. The van der Waals surface area contributed by atoms with Crippen LogP contribution in [0.25, 0.3) is 0 Å². The average molecular weight is 885 g/mol. The van der Waals surface area contributed by atoms with Gasteiger partial charge in [0.15, 0.2) is 12.6 Å². The SMILES string of the molecule is CC[C@H]1OC(=O)[C@H](C)[C@@H](O[C@H]2C[C@@](C)(OC)[C@@H](O)[C@H](C)O2)[C@H](C)[C@@H](O[C@@H]2O[C@H](C)C[C@H](N(C)C)[C@H]2O)[C@](C)(O)C[C@@H](C)/C(=N\OCCSc2ccccc2)[C@H](C)[C@@H](O)[C@]1(C)O. The normalized spacial score (nSPS) is 44.1. The number of oxime groups is 1. The number of methoxy groups -OCH3 is 1. The third-order valence-corrected chi connectivity index (χ3v) is 14.2. The number of aliphatic hydroxyl groups excluding tert-OH is 3. The third kappa shape index (κ3) is 12.5. The zero-order valence-electron chi connectivity index (χ0n) is 38.6. The van der Waals surface area contributed by atoms with Gasteiger partial charge in [0, 0.05) is 48.0 Å². The Hall–Kier alpha value is -1.93. The van der Waals surface area contributed by atoms with E-state index >= 15 is 0 Å². The molecule has 350 valence electrons. The van der Waals surface area contributed by atoms with Gasteiger partial charge in [-0.2, -0.15) is 0 Å². The number of carbonyl (C=O) groups excluding carboxylic acids is 1. The number of likely N-dealkylation sites (N-methyl/N-ethyl adjacent to an activating group) is 1. The molecule has 0 aliphatic carbocycles. The molecule has 3 fully saturated rings. The van der Waals surface area contributed by atoms with Crippen LogP contribution in [0.4, 0.5) is 0 Å². The lowest BCUT2D eigenvalue weighted by Crippen LogP contribution is -2.61. The van der Waals surface area contributed by atoms with Gasteiger partial charge in [-0.25, -0.2) is 0 Å². The van der Waals surface area contributed by atoms with E-state index in [0.717, 1.165) is 4.90 Å². The molecule has 16 heteroatoms. The molecule has 0 aromatic heterocycles. The van der Waals surface area contributed by atoms with Gasteiger partial charge in [0.25, 0.3) is 0 Å². The molecule has 4 rings (SSSR count). The summed E-state index contributed by atoms with van der Waals surface area (Å²) in [7, 11) is 5.25. The second-order valence-corrected chi connectivity index (χ2v) is 19.7. The fraction of sp³-hybridized carbons (Fsp3) is 0.822. The number of ether oxygens (including phenoxy) is 6. The van der Waals surface area contributed by atoms with E-state index in [1.54, 1.807) is 60.2 Å². The Labute approximate surface area is 367 Å². The highest BCUT2D eigenvalue weighted by Gasteiger charge is 2.53. The monoisotopic (exact) mass is 885 g/mol. The molecule has 0 unspecified atom stereocenters. The molecule has 3 saturated heterocycles. The van der Waals surface area contributed by atoms with Crippen molar-refractivity contribution in [3.63, 3.8) is 0 Å². The number of hydrogen-bond donors (Lipinski definition) is 5. The molecule has 0 spiro atoms. The Kier molecular flexibility index (Phi) is 18.5. The first-order valence-electron chi connectivity index (χ1n) is 21.9. The van der Waals surface area contributed by atoms with Crippen LogP contribution in [0.3, 0.4) is 0 Å². The summed E-state index contributed by atoms with van der Waals surface area (Å²) in [5, 5.41) is 64.2. The highest BCUT2D eigenvalue weighted by atomic mass is 32.2. The second kappa shape index (κ2) is 21.8. The lowest BCUT2D eigenvalue weighted by atomic mass is 9.73. The van der Waals surface area contributed by atoms with E-state index in [4.69, 9.17) is 33.3 Å². The van der Waals surface area contributed by atoms with Crippen LogP contribution in [0.15, 0.2) is 40.4 Å². The summed E-state index contributed by atoms with van der Waals surface area (Å²) in [6, 6.07) is 9.57. The molecule has 18 atom stereocenters. The summed E-state index contributed by atoms with van der Waals surface area (Å²) >= 11 is 1.60. The zero-order chi connectivity index (χ0) is 45.6. The van der Waals surface area contributed by atoms with E-state index in [0.29, 0.717) is 17.9 Å². The maximum Gasteiger partial charge on any atom is 0.311 e. The van der Waals surface area contributed by atoms with E-state index in [2.05, 4.69) is 5.16 Å². The topological polar surface area (TPSA) is 198 Å². The Bertz CT molecular complexity index is 1550. The van der Waals surface area contributed by atoms with Crippen molar-refractivity contribution in [1.29, 1.82) is 0 Å². The number of benzene rings is 1. The fourth-order valence-electron chi connectivity index (χ4n) is 9.43. The van der Waals surface area contributed by atoms with Gasteiger partial charge in [0.05, 0.1) is 53.4 Å². The summed E-state index contributed by atoms with van der Waals surface area (Å²) in [6.45, 7) is 17.4. The minimum absolute atomic E-state index is 0.00526. The predicted molar refractivity (Wildman–Crippen MR) is 232 cm³/mol. The smallest absolute Gasteiger partial charge is 0.311 e. The molecule has 3 heterocycles. The zero-order valence-corrected chi connectivity index (χ0v) is 39.4. The van der Waals surface area contributed by atoms with Gasteiger partial charge in [0.1, 0.15) is 30.5 Å². The van der Waals surface area contributed by atoms with E-state index in [9.17, 15) is 30.3 Å². The fourth-order valence-corrected chi connectivity index (χ4v) is 10.2. The molecule has 0 bridgehead atoms. The number of thioether (sulfide) groups is 1. The Morgan fingerprint density at radius 1 is 0.918 bits per heavy atom. The lowest BCUT2D eigenvalue weighted by molar-refractivity contribution is -0.317. The summed E-state index contributed by atoms with van der Waals surface area (Å²) in [5.74, 6) is -3.42. The third-order valence-electron chi connectivity index (χ3n) is 13.2. The van der Waals surface area contributed by atoms with Gasteiger partial charge in [-0.1, -0.05) is 51.0 Å². The number of rotatable bonds is 12. The van der Waals surface area contributed by atoms with Crippen LogP contribution < -0.4 is 0 Å². The largest absolute Gasteiger partial charge is 0.459 e. The maximum atomic E-state index is 14.4. The molecule has 1 aromatic carbocycles. The molecule has 15 nitrogen and oxygen atoms in total. The van der Waals surface area contributed by atoms with E-state index in [1.807, 2.05) is 63.2 Å². The van der Waals surface area contributed by atoms with Gasteiger partial charge < -0.3 is 63.7 Å². The van der Waals surface area contributed by atoms with Gasteiger partial charge in [-0.3, -0.25) is 4.79 Å². The van der Waals surface area contributed by atoms with Crippen molar-refractivity contribution in [2.45, 2.75) is 184 Å². The van der Waals surface area contributed by atoms with Crippen molar-refractivity contribution in [2.24, 2.45) is 28.8 Å². The minimum atomic E-state index is -1.94. The standard InChI is InChI=1S/C45H76N2O13S/c1-14-33-45(10,53)38(49)27(4)35(46-55-20-21-61-31-18-16-15-17-19-31)25(2)23-43(8,52)40(60-42-36(48)32(47(11)12)22-26(3)56-42)28(5)37(29(6)41(51)58-33)59-34-24-44(9,54-13)39(50)30(7)57-34/h15-19,25-30,32-34,36-40,42,48-50,52-53H,14,20-24H2,1-13H3/b46-35+/t25-,26-,27+,28+,29-,30+,32+,33-,34+,36-,37+,38-,39+,40-,42+,43-,44-,45-/m1/s1. The van der Waals surface area contributed by atoms with Crippen LogP contribution in [0.2, 0.25) is 0 Å². The van der Waals surface area contributed by atoms with Crippen molar-refractivity contribution >= 4 is 23.4 Å². The van der Waals surface area contributed by atoms with Gasteiger partial charge >= 0.3 is 5.97 Å². The van der Waals surface area contributed by atoms with Crippen molar-refractivity contribution in [2.75, 3.05) is 33.6 Å². The molecular formula is C45H76N2O13S. The van der Waals surface area contributed by atoms with Crippen LogP contribution >= 0.6 is 11.8 Å². The first-order chi connectivity index (χ1) is 28.5. The number of aliphatic hydroxyl groups is 5. The summed E-state index contributed by atoms with van der Waals surface area (Å²) in [4.78, 5) is 23.3. The van der Waals surface area contributed by atoms with Crippen molar-refractivity contribution in [3.05, 3.63) is 30.3 Å². The van der Waals surface area contributed by atoms with Crippen molar-refractivity contribution in [1.82, 2.24) is 4.90 Å². The number of hydrogen-bond acceptors (Lipinski definition) is 16. The molecule has 0 amide bonds. The molecule has 3 aliphatic rings. The Morgan fingerprint density at radius 3 is 2.18 bits per heavy atom. The van der Waals surface area contributed by atoms with Crippen LogP contribution in [0.5, 0.6) is 0 Å². The van der Waals surface area contributed by atoms with Crippen LogP contribution in [0, 0.1) is 23.7 Å². The average Bonchev–Trinajstić information content (AvgIpc) is 3.20. The lowest BCUT2D eigenvalue weighted by Gasteiger charge is -2.49. The molecule has 0 radical (unpaired) electrons. The molecule has 5 N–H and O–H groups in total. The van der Waals surface area contributed by atoms with Crippen LogP contribution in [-0.2, 0) is 38.1 Å². The minimum Gasteiger partial charge on any atom is -0.459 e. The van der Waals surface area contributed by atoms with E-state index < -0.39 is 102 Å². The quantitative estimate of drug-likeness (QED) is 0.0858. The summed E-state index contributed by atoms with van der Waals surface area (Å²) in [5.41, 5.74) is -4.37. The van der Waals surface area contributed by atoms with Gasteiger partial charge in [0.2, 0.25) is 0 Å². The van der Waals surface area contributed by atoms with Crippen molar-refractivity contribution in [3.8, 4) is 0 Å². The van der Waals surface area contributed by atoms with Crippen LogP contribution in [0.1, 0.15) is 94.9 Å². The number of cyclic esters (lactones) is 1. The first-order valence-corrected chi connectivity index (χ1v) is 22.9. The first kappa shape index (κ1) is 51.7. The number of esters is 1. The Morgan fingerprint density at radius 2 is 1.57 bits per heavy atom. The summed E-state index contributed by atoms with van der Waals surface area (Å²) in [6.07, 6.45) is -9.29. The second-order valence-electron chi connectivity index (χ2n) is 18.6. The van der Waals surface area contributed by atoms with E-state index in [-0.39, 0.29) is 38.0 Å². The highest BCUT2D eigenvalue weighted by Crippen LogP contribution is 2.41. The molecule has 61 heavy (non-hydrogen) atoms. The van der Waals surface area contributed by atoms with E-state index in [1.165, 1.54) is 14.0 Å². The molecule has 3 aliphatic heterocycles. The molecule has 0 saturated carbocycles. The van der Waals surface area contributed by atoms with Gasteiger partial charge in [-0.05, 0) is 87.0 Å². The van der Waals surface area contributed by atoms with Crippen molar-refractivity contribution < 1.29 is 63.6 Å². The predicted octanol–water partition coefficient (Wildman–Crippen LogP) is 4.38.